The van der Waals surface area contributed by atoms with Crippen LogP contribution in [0.15, 0.2) is 24.3 Å². The molecular weight excluding hydrogens is 313 g/mol. The van der Waals surface area contributed by atoms with Crippen molar-refractivity contribution in [3.8, 4) is 0 Å². The van der Waals surface area contributed by atoms with Crippen molar-refractivity contribution in [1.29, 1.82) is 0 Å². The van der Waals surface area contributed by atoms with Crippen LogP contribution in [-0.2, 0) is 9.59 Å². The predicted molar refractivity (Wildman–Crippen MR) is 89.4 cm³/mol. The van der Waals surface area contributed by atoms with E-state index in [2.05, 4.69) is 10.2 Å². The lowest BCUT2D eigenvalue weighted by Crippen LogP contribution is -2.45. The molecule has 1 aromatic rings. The molecule has 1 amide bonds. The third-order valence-electron chi connectivity index (χ3n) is 4.33. The number of rotatable bonds is 7. The van der Waals surface area contributed by atoms with Crippen LogP contribution in [0.2, 0.25) is 0 Å². The smallest absolute Gasteiger partial charge is 0.317 e. The van der Waals surface area contributed by atoms with Gasteiger partial charge in [0.05, 0.1) is 6.54 Å². The Morgan fingerprint density at radius 3 is 2.71 bits per heavy atom. The maximum atomic E-state index is 13.1. The molecule has 2 rings (SSSR count). The Morgan fingerprint density at radius 1 is 1.38 bits per heavy atom. The molecule has 0 aromatic heterocycles. The Labute approximate surface area is 141 Å². The van der Waals surface area contributed by atoms with Crippen molar-refractivity contribution in [2.75, 3.05) is 38.5 Å². The zero-order valence-electron chi connectivity index (χ0n) is 13.9. The van der Waals surface area contributed by atoms with Crippen LogP contribution in [0.25, 0.3) is 0 Å². The fourth-order valence-corrected chi connectivity index (χ4v) is 2.98. The zero-order valence-corrected chi connectivity index (χ0v) is 13.9. The normalized spacial score (nSPS) is 16.3. The molecule has 2 N–H and O–H groups in total. The lowest BCUT2D eigenvalue weighted by molar-refractivity contribution is -0.138. The highest BCUT2D eigenvalue weighted by Gasteiger charge is 2.23. The maximum Gasteiger partial charge on any atom is 0.317 e. The highest BCUT2D eigenvalue weighted by atomic mass is 19.1. The Hall–Kier alpha value is -1.99. The topological polar surface area (TPSA) is 72.9 Å². The molecule has 0 radical (unpaired) electrons. The van der Waals surface area contributed by atoms with Gasteiger partial charge in [0.2, 0.25) is 5.91 Å². The van der Waals surface area contributed by atoms with E-state index >= 15 is 0 Å². The number of halogens is 1. The number of nitrogens with zero attached hydrogens (tertiary/aromatic N) is 2. The van der Waals surface area contributed by atoms with E-state index in [1.165, 1.54) is 12.1 Å². The molecule has 0 unspecified atom stereocenters. The Balaban J connectivity index is 1.68. The second kappa shape index (κ2) is 8.75. The number of hydrogen-bond acceptors (Lipinski definition) is 4. The van der Waals surface area contributed by atoms with E-state index in [1.807, 2.05) is 11.9 Å². The van der Waals surface area contributed by atoms with Gasteiger partial charge in [-0.2, -0.15) is 0 Å². The monoisotopic (exact) mass is 337 g/mol. The minimum Gasteiger partial charge on any atom is -0.480 e. The van der Waals surface area contributed by atoms with E-state index in [9.17, 15) is 14.0 Å². The number of hydrogen-bond donors (Lipinski definition) is 2. The average molecular weight is 337 g/mol. The fraction of sp³-hybridized carbons (Fsp3) is 0.529. The van der Waals surface area contributed by atoms with Crippen LogP contribution < -0.4 is 5.32 Å². The van der Waals surface area contributed by atoms with Crippen LogP contribution in [0.1, 0.15) is 19.3 Å². The summed E-state index contributed by atoms with van der Waals surface area (Å²) in [4.78, 5) is 26.7. The van der Waals surface area contributed by atoms with Crippen molar-refractivity contribution >= 4 is 17.6 Å². The number of nitrogens with one attached hydrogen (secondary N) is 1. The van der Waals surface area contributed by atoms with Crippen molar-refractivity contribution in [2.24, 2.45) is 0 Å². The molecule has 0 bridgehead atoms. The summed E-state index contributed by atoms with van der Waals surface area (Å²) in [6.45, 7) is 2.40. The lowest BCUT2D eigenvalue weighted by Gasteiger charge is -2.36. The van der Waals surface area contributed by atoms with Gasteiger partial charge in [0, 0.05) is 24.7 Å². The first-order chi connectivity index (χ1) is 11.4. The van der Waals surface area contributed by atoms with E-state index in [-0.39, 0.29) is 24.3 Å². The molecule has 0 saturated carbocycles. The fourth-order valence-electron chi connectivity index (χ4n) is 2.98. The van der Waals surface area contributed by atoms with Crippen molar-refractivity contribution in [3.05, 3.63) is 30.1 Å². The number of anilines is 1. The average Bonchev–Trinajstić information content (AvgIpc) is 2.53. The summed E-state index contributed by atoms with van der Waals surface area (Å²) in [6, 6.07) is 6.12. The lowest BCUT2D eigenvalue weighted by atomic mass is 10.0. The summed E-state index contributed by atoms with van der Waals surface area (Å²) in [7, 11) is 1.83. The first kappa shape index (κ1) is 18.4. The van der Waals surface area contributed by atoms with Gasteiger partial charge in [0.15, 0.2) is 0 Å². The molecule has 7 heteroatoms. The second-order valence-corrected chi connectivity index (χ2v) is 6.19. The Kier molecular flexibility index (Phi) is 6.69. The summed E-state index contributed by atoms with van der Waals surface area (Å²) >= 11 is 0. The third-order valence-corrected chi connectivity index (χ3v) is 4.33. The standard InChI is InChI=1S/C17H24FN3O3/c1-20(12-17(23)24)15-5-8-21(9-6-15)10-7-16(22)19-14-4-2-3-13(18)11-14/h2-4,11,15H,5-10,12H2,1H3,(H,19,22)(H,23,24). The first-order valence-electron chi connectivity index (χ1n) is 8.14. The van der Waals surface area contributed by atoms with Gasteiger partial charge >= 0.3 is 5.97 Å². The molecule has 1 fully saturated rings. The molecule has 24 heavy (non-hydrogen) atoms. The summed E-state index contributed by atoms with van der Waals surface area (Å²) in [5.41, 5.74) is 0.467. The summed E-state index contributed by atoms with van der Waals surface area (Å²) in [5, 5.41) is 11.5. The van der Waals surface area contributed by atoms with E-state index < -0.39 is 5.97 Å². The van der Waals surface area contributed by atoms with E-state index in [1.54, 1.807) is 12.1 Å². The number of benzene rings is 1. The second-order valence-electron chi connectivity index (χ2n) is 6.19. The Morgan fingerprint density at radius 2 is 2.08 bits per heavy atom. The van der Waals surface area contributed by atoms with Crippen LogP contribution in [-0.4, -0.2) is 66.1 Å². The number of carboxylic acid groups (broad SMARTS) is 1. The van der Waals surface area contributed by atoms with Gasteiger partial charge in [-0.05, 0) is 51.2 Å². The van der Waals surface area contributed by atoms with Crippen molar-refractivity contribution in [2.45, 2.75) is 25.3 Å². The van der Waals surface area contributed by atoms with Gasteiger partial charge in [-0.25, -0.2) is 4.39 Å². The minimum absolute atomic E-state index is 0.0563. The van der Waals surface area contributed by atoms with Crippen LogP contribution in [0.4, 0.5) is 10.1 Å². The molecule has 1 aliphatic heterocycles. The molecule has 1 aromatic carbocycles. The number of likely N-dealkylation sites (tertiary alicyclic amines) is 1. The molecular formula is C17H24FN3O3. The van der Waals surface area contributed by atoms with Gasteiger partial charge in [-0.3, -0.25) is 14.5 Å². The van der Waals surface area contributed by atoms with E-state index in [4.69, 9.17) is 5.11 Å². The number of likely N-dealkylation sites (N-methyl/N-ethyl adjacent to an activating group) is 1. The third kappa shape index (κ3) is 5.90. The highest BCUT2D eigenvalue weighted by molar-refractivity contribution is 5.90. The minimum atomic E-state index is -0.811. The molecule has 0 spiro atoms. The highest BCUT2D eigenvalue weighted by Crippen LogP contribution is 2.16. The van der Waals surface area contributed by atoms with Crippen LogP contribution in [0.5, 0.6) is 0 Å². The summed E-state index contributed by atoms with van der Waals surface area (Å²) < 4.78 is 13.1. The van der Waals surface area contributed by atoms with Gasteiger partial charge in [-0.15, -0.1) is 0 Å². The van der Waals surface area contributed by atoms with Crippen LogP contribution in [0, 0.1) is 5.82 Å². The van der Waals surface area contributed by atoms with Crippen molar-refractivity contribution in [1.82, 2.24) is 9.80 Å². The Bertz CT molecular complexity index is 574. The van der Waals surface area contributed by atoms with Gasteiger partial charge in [0.1, 0.15) is 5.82 Å². The molecule has 1 aliphatic rings. The zero-order chi connectivity index (χ0) is 17.5. The van der Waals surface area contributed by atoms with Crippen LogP contribution >= 0.6 is 0 Å². The van der Waals surface area contributed by atoms with E-state index in [0.29, 0.717) is 18.7 Å². The number of piperidine rings is 1. The van der Waals surface area contributed by atoms with Crippen molar-refractivity contribution in [3.63, 3.8) is 0 Å². The van der Waals surface area contributed by atoms with E-state index in [0.717, 1.165) is 25.9 Å². The number of carbonyl (C=O) groups is 2. The molecule has 132 valence electrons. The molecule has 0 aliphatic carbocycles. The summed E-state index contributed by atoms with van der Waals surface area (Å²) in [5.74, 6) is -1.32. The van der Waals surface area contributed by atoms with Gasteiger partial charge < -0.3 is 15.3 Å². The SMILES string of the molecule is CN(CC(=O)O)C1CCN(CCC(=O)Nc2cccc(F)c2)CC1. The number of amides is 1. The molecule has 1 saturated heterocycles. The number of carbonyl (C=O) groups excluding carboxylic acids is 1. The maximum absolute atomic E-state index is 13.1. The quantitative estimate of drug-likeness (QED) is 0.791. The predicted octanol–water partition coefficient (Wildman–Crippen LogP) is 1.64. The van der Waals surface area contributed by atoms with Gasteiger partial charge in [0.25, 0.3) is 0 Å². The molecule has 6 nitrogen and oxygen atoms in total. The number of aliphatic carboxylic acids is 1. The molecule has 1 heterocycles. The largest absolute Gasteiger partial charge is 0.480 e. The molecule has 0 atom stereocenters. The first-order valence-corrected chi connectivity index (χ1v) is 8.14. The van der Waals surface area contributed by atoms with Crippen LogP contribution in [0.3, 0.4) is 0 Å². The van der Waals surface area contributed by atoms with Gasteiger partial charge in [-0.1, -0.05) is 6.07 Å². The van der Waals surface area contributed by atoms with Crippen molar-refractivity contribution < 1.29 is 19.1 Å². The number of carboxylic acids is 1. The summed E-state index contributed by atoms with van der Waals surface area (Å²) in [6.07, 6.45) is 2.15.